The third-order valence-electron chi connectivity index (χ3n) is 7.11. The lowest BCUT2D eigenvalue weighted by Crippen LogP contribution is -2.39. The molecule has 0 spiro atoms. The second-order valence-corrected chi connectivity index (χ2v) is 12.8. The van der Waals surface area contributed by atoms with Gasteiger partial charge in [0.05, 0.1) is 19.2 Å². The van der Waals surface area contributed by atoms with Crippen LogP contribution in [-0.4, -0.2) is 40.8 Å². The SMILES string of the molecule is C=CCOC(=O)C(C)(C)Oc1ccc2c(c1)c(CC(=O)OC)cn2Cc1ccc2oc(-c3nc(C(C)(C)C)cs3)cc2c1. The molecule has 0 saturated carbocycles. The van der Waals surface area contributed by atoms with Crippen LogP contribution in [0.3, 0.4) is 0 Å². The summed E-state index contributed by atoms with van der Waals surface area (Å²) >= 11 is 1.59. The molecular weight excluding hydrogens is 564 g/mol. The van der Waals surface area contributed by atoms with E-state index in [4.69, 9.17) is 23.6 Å². The highest BCUT2D eigenvalue weighted by atomic mass is 32.1. The molecule has 5 aromatic rings. The van der Waals surface area contributed by atoms with Gasteiger partial charge in [0.25, 0.3) is 0 Å². The van der Waals surface area contributed by atoms with Gasteiger partial charge in [-0.05, 0) is 61.4 Å². The number of carbonyl (C=O) groups excluding carboxylic acids is 2. The number of nitrogens with zero attached hydrogens (tertiary/aromatic N) is 2. The minimum atomic E-state index is -1.21. The highest BCUT2D eigenvalue weighted by molar-refractivity contribution is 7.13. The number of benzene rings is 2. The summed E-state index contributed by atoms with van der Waals surface area (Å²) in [5.74, 6) is 0.398. The zero-order valence-corrected chi connectivity index (χ0v) is 26.2. The van der Waals surface area contributed by atoms with Crippen LogP contribution in [0.15, 0.2) is 71.1 Å². The van der Waals surface area contributed by atoms with Crippen molar-refractivity contribution in [3.05, 3.63) is 83.5 Å². The molecule has 0 aliphatic carbocycles. The van der Waals surface area contributed by atoms with Crippen molar-refractivity contribution in [2.45, 2.75) is 58.6 Å². The molecule has 2 aromatic carbocycles. The van der Waals surface area contributed by atoms with E-state index in [0.717, 1.165) is 49.5 Å². The van der Waals surface area contributed by atoms with E-state index in [1.54, 1.807) is 25.2 Å². The zero-order valence-electron chi connectivity index (χ0n) is 25.4. The average molecular weight is 601 g/mol. The molecule has 0 amide bonds. The van der Waals surface area contributed by atoms with E-state index >= 15 is 0 Å². The highest BCUT2D eigenvalue weighted by Crippen LogP contribution is 2.34. The van der Waals surface area contributed by atoms with Gasteiger partial charge in [0, 0.05) is 39.8 Å². The van der Waals surface area contributed by atoms with E-state index < -0.39 is 11.6 Å². The van der Waals surface area contributed by atoms with Crippen LogP contribution in [0.1, 0.15) is 51.4 Å². The molecular formula is C34H36N2O6S. The number of fused-ring (bicyclic) bond motifs is 2. The fraction of sp³-hybridized carbons (Fsp3) is 0.324. The van der Waals surface area contributed by atoms with Crippen molar-refractivity contribution in [2.75, 3.05) is 13.7 Å². The molecule has 43 heavy (non-hydrogen) atoms. The molecule has 0 aliphatic rings. The Morgan fingerprint density at radius 2 is 1.88 bits per heavy atom. The molecule has 0 unspecified atom stereocenters. The first-order chi connectivity index (χ1) is 20.4. The van der Waals surface area contributed by atoms with Gasteiger partial charge < -0.3 is 23.2 Å². The normalized spacial score (nSPS) is 12.0. The molecule has 5 rings (SSSR count). The summed E-state index contributed by atoms with van der Waals surface area (Å²) in [6.07, 6.45) is 3.57. The molecule has 0 fully saturated rings. The van der Waals surface area contributed by atoms with Crippen molar-refractivity contribution >= 4 is 45.1 Å². The molecule has 3 aromatic heterocycles. The molecule has 0 N–H and O–H groups in total. The Morgan fingerprint density at radius 3 is 2.58 bits per heavy atom. The van der Waals surface area contributed by atoms with Crippen LogP contribution in [0, 0.1) is 0 Å². The van der Waals surface area contributed by atoms with E-state index in [0.29, 0.717) is 12.3 Å². The van der Waals surface area contributed by atoms with Gasteiger partial charge >= 0.3 is 11.9 Å². The van der Waals surface area contributed by atoms with E-state index in [1.165, 1.54) is 13.2 Å². The third-order valence-corrected chi connectivity index (χ3v) is 7.97. The molecule has 0 saturated heterocycles. The van der Waals surface area contributed by atoms with Gasteiger partial charge in [-0.2, -0.15) is 0 Å². The standard InChI is InChI=1S/C34H36N2O6S/c1-8-13-40-32(38)34(5,6)42-24-10-11-26-25(17-24)23(16-30(37)39-7)19-36(26)18-21-9-12-27-22(14-21)15-28(41-27)31-35-29(20-43-31)33(2,3)4/h8-12,14-15,17,19-20H,1,13,16,18H2,2-7H3. The number of furan rings is 1. The predicted octanol–water partition coefficient (Wildman–Crippen LogP) is 7.46. The molecule has 0 bridgehead atoms. The summed E-state index contributed by atoms with van der Waals surface area (Å²) in [6.45, 7) is 14.0. The number of hydrogen-bond donors (Lipinski definition) is 0. The second-order valence-electron chi connectivity index (χ2n) is 12.0. The van der Waals surface area contributed by atoms with E-state index in [2.05, 4.69) is 43.4 Å². The number of esters is 2. The number of thiazole rings is 1. The molecule has 0 radical (unpaired) electrons. The molecule has 0 atom stereocenters. The zero-order chi connectivity index (χ0) is 30.9. The summed E-state index contributed by atoms with van der Waals surface area (Å²) < 4.78 is 24.4. The van der Waals surface area contributed by atoms with Gasteiger partial charge in [-0.15, -0.1) is 11.3 Å². The molecule has 8 nitrogen and oxygen atoms in total. The Morgan fingerprint density at radius 1 is 1.09 bits per heavy atom. The van der Waals surface area contributed by atoms with E-state index in [1.807, 2.05) is 42.6 Å². The van der Waals surface area contributed by atoms with Crippen molar-refractivity contribution in [1.82, 2.24) is 9.55 Å². The summed E-state index contributed by atoms with van der Waals surface area (Å²) in [4.78, 5) is 29.6. The lowest BCUT2D eigenvalue weighted by atomic mass is 9.93. The first-order valence-corrected chi connectivity index (χ1v) is 14.9. The Balaban J connectivity index is 1.44. The minimum Gasteiger partial charge on any atom is -0.476 e. The first kappa shape index (κ1) is 30.1. The Hall–Kier alpha value is -4.37. The monoisotopic (exact) mass is 600 g/mol. The number of hydrogen-bond acceptors (Lipinski definition) is 8. The van der Waals surface area contributed by atoms with Crippen molar-refractivity contribution in [3.63, 3.8) is 0 Å². The Kier molecular flexibility index (Phi) is 8.21. The smallest absolute Gasteiger partial charge is 0.350 e. The van der Waals surface area contributed by atoms with Crippen LogP contribution in [-0.2, 0) is 37.4 Å². The van der Waals surface area contributed by atoms with Gasteiger partial charge in [0.2, 0.25) is 0 Å². The van der Waals surface area contributed by atoms with Crippen LogP contribution in [0.5, 0.6) is 5.75 Å². The molecule has 0 aliphatic heterocycles. The predicted molar refractivity (Wildman–Crippen MR) is 169 cm³/mol. The summed E-state index contributed by atoms with van der Waals surface area (Å²) in [5, 5.41) is 4.78. The number of rotatable bonds is 10. The number of ether oxygens (including phenoxy) is 3. The first-order valence-electron chi connectivity index (χ1n) is 14.0. The summed E-state index contributed by atoms with van der Waals surface area (Å²) in [7, 11) is 1.37. The van der Waals surface area contributed by atoms with Crippen LogP contribution in [0.4, 0.5) is 0 Å². The van der Waals surface area contributed by atoms with Crippen molar-refractivity contribution in [2.24, 2.45) is 0 Å². The fourth-order valence-electron chi connectivity index (χ4n) is 4.78. The average Bonchev–Trinajstić information content (AvgIpc) is 3.69. The van der Waals surface area contributed by atoms with Gasteiger partial charge in [-0.25, -0.2) is 9.78 Å². The van der Waals surface area contributed by atoms with Gasteiger partial charge in [-0.1, -0.05) is 39.5 Å². The lowest BCUT2D eigenvalue weighted by Gasteiger charge is -2.24. The maximum Gasteiger partial charge on any atom is 0.350 e. The van der Waals surface area contributed by atoms with Gasteiger partial charge in [0.15, 0.2) is 16.4 Å². The number of aromatic nitrogens is 2. The topological polar surface area (TPSA) is 92.8 Å². The van der Waals surface area contributed by atoms with E-state index in [-0.39, 0.29) is 24.4 Å². The third kappa shape index (κ3) is 6.51. The largest absolute Gasteiger partial charge is 0.476 e. The van der Waals surface area contributed by atoms with Crippen molar-refractivity contribution in [1.29, 1.82) is 0 Å². The van der Waals surface area contributed by atoms with Crippen molar-refractivity contribution in [3.8, 4) is 16.5 Å². The fourth-order valence-corrected chi connectivity index (χ4v) is 5.78. The maximum atomic E-state index is 12.5. The molecule has 3 heterocycles. The Bertz CT molecular complexity index is 1820. The maximum absolute atomic E-state index is 12.5. The lowest BCUT2D eigenvalue weighted by molar-refractivity contribution is -0.158. The Labute approximate surface area is 254 Å². The number of methoxy groups -OCH3 is 1. The minimum absolute atomic E-state index is 0.0272. The number of carbonyl (C=O) groups is 2. The highest BCUT2D eigenvalue weighted by Gasteiger charge is 2.32. The second kappa shape index (κ2) is 11.7. The molecule has 224 valence electrons. The van der Waals surface area contributed by atoms with Gasteiger partial charge in [-0.3, -0.25) is 4.79 Å². The van der Waals surface area contributed by atoms with Crippen LogP contribution >= 0.6 is 11.3 Å². The molecule has 9 heteroatoms. The van der Waals surface area contributed by atoms with Crippen LogP contribution in [0.25, 0.3) is 32.6 Å². The van der Waals surface area contributed by atoms with Crippen LogP contribution < -0.4 is 4.74 Å². The summed E-state index contributed by atoms with van der Waals surface area (Å²) in [6, 6.07) is 13.8. The van der Waals surface area contributed by atoms with Crippen molar-refractivity contribution < 1.29 is 28.2 Å². The quantitative estimate of drug-likeness (QED) is 0.121. The van der Waals surface area contributed by atoms with Crippen LogP contribution in [0.2, 0.25) is 0 Å². The summed E-state index contributed by atoms with van der Waals surface area (Å²) in [5.41, 5.74) is 3.39. The van der Waals surface area contributed by atoms with E-state index in [9.17, 15) is 9.59 Å². The van der Waals surface area contributed by atoms with Gasteiger partial charge in [0.1, 0.15) is 17.9 Å².